The molecule has 6 heteroatoms. The average Bonchev–Trinajstić information content (AvgIpc) is 2.45. The minimum absolute atomic E-state index is 0.112. The molecule has 1 saturated heterocycles. The van der Waals surface area contributed by atoms with E-state index in [0.717, 1.165) is 5.56 Å². The number of rotatable bonds is 4. The maximum absolute atomic E-state index is 12.8. The lowest BCUT2D eigenvalue weighted by atomic mass is 10.1. The molecule has 1 aromatic rings. The fourth-order valence-electron chi connectivity index (χ4n) is 2.44. The summed E-state index contributed by atoms with van der Waals surface area (Å²) in [5.74, 6) is 0. The molecule has 1 unspecified atom stereocenters. The molecule has 1 aliphatic rings. The first kappa shape index (κ1) is 16.4. The van der Waals surface area contributed by atoms with Crippen LogP contribution in [0.15, 0.2) is 29.2 Å². The van der Waals surface area contributed by atoms with Gasteiger partial charge >= 0.3 is 0 Å². The van der Waals surface area contributed by atoms with Gasteiger partial charge in [-0.3, -0.25) is 0 Å². The molecule has 0 aromatic heterocycles. The SMILES string of the molecule is CNC(C)c1cccc(S(=O)(=O)N2CCOC(C)(C)C2)c1. The van der Waals surface area contributed by atoms with Crippen LogP contribution in [0.25, 0.3) is 0 Å². The van der Waals surface area contributed by atoms with Crippen LogP contribution in [0.3, 0.4) is 0 Å². The zero-order chi connectivity index (χ0) is 15.7. The fourth-order valence-corrected chi connectivity index (χ4v) is 4.07. The first-order valence-electron chi connectivity index (χ1n) is 7.17. The van der Waals surface area contributed by atoms with Crippen molar-refractivity contribution in [1.82, 2.24) is 9.62 Å². The van der Waals surface area contributed by atoms with Gasteiger partial charge in [-0.1, -0.05) is 12.1 Å². The second-order valence-corrected chi connectivity index (χ2v) is 7.97. The third-order valence-electron chi connectivity index (χ3n) is 3.82. The Balaban J connectivity index is 2.31. The standard InChI is InChI=1S/C15H24N2O3S/c1-12(16-4)13-6-5-7-14(10-13)21(18,19)17-8-9-20-15(2,3)11-17/h5-7,10,12,16H,8-9,11H2,1-4H3. The number of nitrogens with zero attached hydrogens (tertiary/aromatic N) is 1. The molecule has 1 N–H and O–H groups in total. The van der Waals surface area contributed by atoms with E-state index < -0.39 is 15.6 Å². The van der Waals surface area contributed by atoms with Gasteiger partial charge in [0.15, 0.2) is 0 Å². The average molecular weight is 312 g/mol. The highest BCUT2D eigenvalue weighted by Crippen LogP contribution is 2.25. The van der Waals surface area contributed by atoms with E-state index in [2.05, 4.69) is 5.32 Å². The molecule has 0 amide bonds. The Hall–Kier alpha value is -0.950. The van der Waals surface area contributed by atoms with Crippen LogP contribution >= 0.6 is 0 Å². The highest BCUT2D eigenvalue weighted by molar-refractivity contribution is 7.89. The van der Waals surface area contributed by atoms with Crippen molar-refractivity contribution in [2.75, 3.05) is 26.7 Å². The fraction of sp³-hybridized carbons (Fsp3) is 0.600. The van der Waals surface area contributed by atoms with Crippen LogP contribution < -0.4 is 5.32 Å². The molecule has 0 radical (unpaired) electrons. The van der Waals surface area contributed by atoms with Gasteiger partial charge in [-0.15, -0.1) is 0 Å². The van der Waals surface area contributed by atoms with Crippen LogP contribution in [0.4, 0.5) is 0 Å². The topological polar surface area (TPSA) is 58.6 Å². The van der Waals surface area contributed by atoms with Crippen molar-refractivity contribution in [2.45, 2.75) is 37.3 Å². The molecule has 1 aliphatic heterocycles. The molecule has 5 nitrogen and oxygen atoms in total. The Morgan fingerprint density at radius 2 is 2.10 bits per heavy atom. The first-order chi connectivity index (χ1) is 9.76. The van der Waals surface area contributed by atoms with Crippen molar-refractivity contribution in [3.8, 4) is 0 Å². The molecule has 1 atom stereocenters. The van der Waals surface area contributed by atoms with Crippen LogP contribution in [0.5, 0.6) is 0 Å². The molecule has 118 valence electrons. The predicted octanol–water partition coefficient (Wildman–Crippen LogP) is 1.77. The summed E-state index contributed by atoms with van der Waals surface area (Å²) in [5.41, 5.74) is 0.521. The van der Waals surface area contributed by atoms with Gasteiger partial charge in [0.2, 0.25) is 10.0 Å². The van der Waals surface area contributed by atoms with E-state index in [0.29, 0.717) is 24.6 Å². The summed E-state index contributed by atoms with van der Waals surface area (Å²) in [6.07, 6.45) is 0. The van der Waals surface area contributed by atoms with E-state index in [9.17, 15) is 8.42 Å². The Kier molecular flexibility index (Phi) is 4.72. The van der Waals surface area contributed by atoms with Crippen molar-refractivity contribution in [3.05, 3.63) is 29.8 Å². The Morgan fingerprint density at radius 3 is 2.71 bits per heavy atom. The zero-order valence-electron chi connectivity index (χ0n) is 13.1. The van der Waals surface area contributed by atoms with Gasteiger partial charge in [0, 0.05) is 19.1 Å². The lowest BCUT2D eigenvalue weighted by Gasteiger charge is -2.37. The number of hydrogen-bond donors (Lipinski definition) is 1. The quantitative estimate of drug-likeness (QED) is 0.920. The van der Waals surface area contributed by atoms with Crippen molar-refractivity contribution in [3.63, 3.8) is 0 Å². The molecule has 0 saturated carbocycles. The highest BCUT2D eigenvalue weighted by Gasteiger charge is 2.34. The maximum Gasteiger partial charge on any atom is 0.243 e. The summed E-state index contributed by atoms with van der Waals surface area (Å²) in [6, 6.07) is 7.24. The molecule has 0 bridgehead atoms. The molecule has 21 heavy (non-hydrogen) atoms. The van der Waals surface area contributed by atoms with Crippen molar-refractivity contribution in [1.29, 1.82) is 0 Å². The zero-order valence-corrected chi connectivity index (χ0v) is 13.9. The van der Waals surface area contributed by atoms with Crippen LogP contribution in [0.1, 0.15) is 32.4 Å². The Morgan fingerprint density at radius 1 is 1.38 bits per heavy atom. The second kappa shape index (κ2) is 6.04. The lowest BCUT2D eigenvalue weighted by molar-refractivity contribution is -0.0640. The lowest BCUT2D eigenvalue weighted by Crippen LogP contribution is -2.50. The van der Waals surface area contributed by atoms with Crippen molar-refractivity contribution < 1.29 is 13.2 Å². The summed E-state index contributed by atoms with van der Waals surface area (Å²) >= 11 is 0. The van der Waals surface area contributed by atoms with E-state index in [1.165, 1.54) is 4.31 Å². The molecule has 0 aliphatic carbocycles. The summed E-state index contributed by atoms with van der Waals surface area (Å²) in [4.78, 5) is 0.347. The van der Waals surface area contributed by atoms with Crippen LogP contribution in [0, 0.1) is 0 Å². The molecular weight excluding hydrogens is 288 g/mol. The predicted molar refractivity (Wildman–Crippen MR) is 82.7 cm³/mol. The summed E-state index contributed by atoms with van der Waals surface area (Å²) in [6.45, 7) is 7.03. The van der Waals surface area contributed by atoms with E-state index in [1.807, 2.05) is 33.9 Å². The largest absolute Gasteiger partial charge is 0.373 e. The summed E-state index contributed by atoms with van der Waals surface area (Å²) in [5, 5.41) is 3.12. The third-order valence-corrected chi connectivity index (χ3v) is 5.66. The number of nitrogens with one attached hydrogen (secondary N) is 1. The van der Waals surface area contributed by atoms with Gasteiger partial charge < -0.3 is 10.1 Å². The van der Waals surface area contributed by atoms with E-state index >= 15 is 0 Å². The summed E-state index contributed by atoms with van der Waals surface area (Å²) in [7, 11) is -1.61. The van der Waals surface area contributed by atoms with Gasteiger partial charge in [0.25, 0.3) is 0 Å². The van der Waals surface area contributed by atoms with Gasteiger partial charge in [-0.05, 0) is 45.5 Å². The molecule has 1 aromatic carbocycles. The number of hydrogen-bond acceptors (Lipinski definition) is 4. The summed E-state index contributed by atoms with van der Waals surface area (Å²) < 4.78 is 32.7. The van der Waals surface area contributed by atoms with E-state index in [-0.39, 0.29) is 6.04 Å². The Labute approximate surface area is 127 Å². The third kappa shape index (κ3) is 3.63. The van der Waals surface area contributed by atoms with Crippen LogP contribution in [0.2, 0.25) is 0 Å². The number of sulfonamides is 1. The highest BCUT2D eigenvalue weighted by atomic mass is 32.2. The number of morpholine rings is 1. The van der Waals surface area contributed by atoms with E-state index in [4.69, 9.17) is 4.74 Å². The van der Waals surface area contributed by atoms with E-state index in [1.54, 1.807) is 18.2 Å². The van der Waals surface area contributed by atoms with Crippen LogP contribution in [-0.4, -0.2) is 45.1 Å². The monoisotopic (exact) mass is 312 g/mol. The number of ether oxygens (including phenoxy) is 1. The van der Waals surface area contributed by atoms with Gasteiger partial charge in [0.05, 0.1) is 17.1 Å². The molecular formula is C15H24N2O3S. The smallest absolute Gasteiger partial charge is 0.243 e. The molecule has 1 heterocycles. The second-order valence-electron chi connectivity index (χ2n) is 6.03. The molecule has 2 rings (SSSR count). The normalized spacial score (nSPS) is 21.1. The minimum Gasteiger partial charge on any atom is -0.373 e. The minimum atomic E-state index is -3.47. The number of benzene rings is 1. The van der Waals surface area contributed by atoms with Crippen molar-refractivity contribution >= 4 is 10.0 Å². The van der Waals surface area contributed by atoms with Gasteiger partial charge in [-0.25, -0.2) is 8.42 Å². The Bertz CT molecular complexity index is 599. The molecule has 1 fully saturated rings. The molecule has 0 spiro atoms. The van der Waals surface area contributed by atoms with Gasteiger partial charge in [0.1, 0.15) is 0 Å². The maximum atomic E-state index is 12.8. The van der Waals surface area contributed by atoms with Crippen molar-refractivity contribution in [2.24, 2.45) is 0 Å². The van der Waals surface area contributed by atoms with Gasteiger partial charge in [-0.2, -0.15) is 4.31 Å². The first-order valence-corrected chi connectivity index (χ1v) is 8.61. The van der Waals surface area contributed by atoms with Crippen LogP contribution in [-0.2, 0) is 14.8 Å².